The molecule has 3 N–H and O–H groups in total. The maximum Gasteiger partial charge on any atom is 0.323 e. The van der Waals surface area contributed by atoms with Crippen molar-refractivity contribution in [2.75, 3.05) is 41.5 Å². The van der Waals surface area contributed by atoms with Gasteiger partial charge in [-0.3, -0.25) is 4.79 Å². The highest BCUT2D eigenvalue weighted by Gasteiger charge is 2.21. The lowest BCUT2D eigenvalue weighted by Crippen LogP contribution is -2.44. The first kappa shape index (κ1) is 22.8. The third-order valence-corrected chi connectivity index (χ3v) is 5.74. The van der Waals surface area contributed by atoms with Gasteiger partial charge in [0.2, 0.25) is 5.56 Å². The second-order valence-electron chi connectivity index (χ2n) is 7.69. The van der Waals surface area contributed by atoms with Crippen molar-refractivity contribution in [1.82, 2.24) is 15.0 Å². The maximum absolute atomic E-state index is 12.2. The summed E-state index contributed by atoms with van der Waals surface area (Å²) in [5, 5.41) is 5.39. The number of rotatable bonds is 6. The van der Waals surface area contributed by atoms with E-state index in [1.807, 2.05) is 12.1 Å². The van der Waals surface area contributed by atoms with Crippen molar-refractivity contribution in [2.24, 2.45) is 0 Å². The molecule has 10 heteroatoms. The first-order valence-electron chi connectivity index (χ1n) is 10.6. The Morgan fingerprint density at radius 1 is 1.18 bits per heavy atom. The SMILES string of the molecule is CSCc1cc(N2CCOC[C@@H]2C)nc(-c2ccc(NC(=O)Nc3cc[nH]c(=O)c3)cc2)n1. The average Bonchev–Trinajstić information content (AvgIpc) is 2.80. The summed E-state index contributed by atoms with van der Waals surface area (Å²) in [5.41, 5.74) is 2.58. The summed E-state index contributed by atoms with van der Waals surface area (Å²) in [7, 11) is 0. The standard InChI is InChI=1S/C23H26N6O3S/c1-15-13-32-10-9-29(15)20-11-19(14-33-2)25-22(28-20)16-3-5-17(6-4-16)26-23(31)27-18-7-8-24-21(30)12-18/h3-8,11-12,15H,9-10,13-14H2,1-2H3,(H3,24,26,27,30,31)/t15-/m0/s1. The molecule has 0 radical (unpaired) electrons. The molecule has 3 aromatic rings. The van der Waals surface area contributed by atoms with Gasteiger partial charge in [-0.2, -0.15) is 11.8 Å². The van der Waals surface area contributed by atoms with Crippen LogP contribution >= 0.6 is 11.8 Å². The van der Waals surface area contributed by atoms with Crippen molar-refractivity contribution in [3.8, 4) is 11.4 Å². The molecule has 33 heavy (non-hydrogen) atoms. The number of nitrogens with one attached hydrogen (secondary N) is 3. The van der Waals surface area contributed by atoms with Crippen LogP contribution in [0.2, 0.25) is 0 Å². The molecule has 1 aliphatic heterocycles. The summed E-state index contributed by atoms with van der Waals surface area (Å²) < 4.78 is 5.57. The minimum atomic E-state index is -0.435. The van der Waals surface area contributed by atoms with Crippen LogP contribution in [0.15, 0.2) is 53.5 Å². The van der Waals surface area contributed by atoms with Gasteiger partial charge in [-0.15, -0.1) is 0 Å². The number of nitrogens with zero attached hydrogens (tertiary/aromatic N) is 3. The van der Waals surface area contributed by atoms with Gasteiger partial charge >= 0.3 is 6.03 Å². The number of benzene rings is 1. The number of thioether (sulfide) groups is 1. The topological polar surface area (TPSA) is 112 Å². The van der Waals surface area contributed by atoms with Crippen LogP contribution in [-0.4, -0.2) is 53.0 Å². The average molecular weight is 467 g/mol. The van der Waals surface area contributed by atoms with E-state index in [2.05, 4.69) is 39.8 Å². The molecule has 0 bridgehead atoms. The summed E-state index contributed by atoms with van der Waals surface area (Å²) >= 11 is 1.72. The second kappa shape index (κ2) is 10.5. The van der Waals surface area contributed by atoms with Crippen LogP contribution in [0.3, 0.4) is 0 Å². The smallest absolute Gasteiger partial charge is 0.323 e. The Labute approximate surface area is 196 Å². The number of hydrogen-bond acceptors (Lipinski definition) is 7. The van der Waals surface area contributed by atoms with Crippen molar-refractivity contribution >= 4 is 35.0 Å². The minimum Gasteiger partial charge on any atom is -0.377 e. The number of anilines is 3. The highest BCUT2D eigenvalue weighted by Crippen LogP contribution is 2.25. The van der Waals surface area contributed by atoms with Crippen LogP contribution in [0.4, 0.5) is 22.0 Å². The number of morpholine rings is 1. The van der Waals surface area contributed by atoms with Gasteiger partial charge in [0.1, 0.15) is 5.82 Å². The summed E-state index contributed by atoms with van der Waals surface area (Å²) in [6.07, 6.45) is 3.53. The molecule has 1 fully saturated rings. The number of urea groups is 1. The zero-order chi connectivity index (χ0) is 23.2. The molecule has 2 amide bonds. The van der Waals surface area contributed by atoms with Crippen LogP contribution in [0.5, 0.6) is 0 Å². The van der Waals surface area contributed by atoms with E-state index >= 15 is 0 Å². The van der Waals surface area contributed by atoms with E-state index in [0.29, 0.717) is 30.4 Å². The fraction of sp³-hybridized carbons (Fsp3) is 0.304. The first-order valence-corrected chi connectivity index (χ1v) is 12.0. The summed E-state index contributed by atoms with van der Waals surface area (Å²) in [4.78, 5) is 37.9. The number of aromatic amines is 1. The molecule has 1 aliphatic rings. The summed E-state index contributed by atoms with van der Waals surface area (Å²) in [6, 6.07) is 12.1. The van der Waals surface area contributed by atoms with E-state index in [0.717, 1.165) is 29.4 Å². The minimum absolute atomic E-state index is 0.244. The van der Waals surface area contributed by atoms with E-state index in [1.54, 1.807) is 30.0 Å². The Balaban J connectivity index is 1.51. The van der Waals surface area contributed by atoms with Crippen molar-refractivity contribution < 1.29 is 9.53 Å². The van der Waals surface area contributed by atoms with Gasteiger partial charge < -0.3 is 25.3 Å². The highest BCUT2D eigenvalue weighted by molar-refractivity contribution is 7.97. The van der Waals surface area contributed by atoms with E-state index in [4.69, 9.17) is 14.7 Å². The number of pyridine rings is 1. The lowest BCUT2D eigenvalue weighted by Gasteiger charge is -2.34. The summed E-state index contributed by atoms with van der Waals surface area (Å²) in [6.45, 7) is 4.28. The molecule has 9 nitrogen and oxygen atoms in total. The number of ether oxygens (including phenoxy) is 1. The quantitative estimate of drug-likeness (QED) is 0.509. The fourth-order valence-electron chi connectivity index (χ4n) is 3.57. The Hall–Kier alpha value is -3.37. The number of aromatic nitrogens is 3. The van der Waals surface area contributed by atoms with Gasteiger partial charge in [0.15, 0.2) is 5.82 Å². The third kappa shape index (κ3) is 5.91. The lowest BCUT2D eigenvalue weighted by atomic mass is 10.2. The van der Waals surface area contributed by atoms with Crippen molar-refractivity contribution in [2.45, 2.75) is 18.7 Å². The van der Waals surface area contributed by atoms with E-state index in [9.17, 15) is 9.59 Å². The van der Waals surface area contributed by atoms with E-state index in [1.165, 1.54) is 12.3 Å². The van der Waals surface area contributed by atoms with Crippen molar-refractivity contribution in [1.29, 1.82) is 0 Å². The van der Waals surface area contributed by atoms with Crippen molar-refractivity contribution in [3.05, 3.63) is 64.7 Å². The van der Waals surface area contributed by atoms with Gasteiger partial charge in [-0.25, -0.2) is 14.8 Å². The van der Waals surface area contributed by atoms with Gasteiger partial charge in [-0.05, 0) is 43.5 Å². The van der Waals surface area contributed by atoms with Crippen LogP contribution in [-0.2, 0) is 10.5 Å². The fourth-order valence-corrected chi connectivity index (χ4v) is 4.01. The molecule has 172 valence electrons. The zero-order valence-corrected chi connectivity index (χ0v) is 19.3. The maximum atomic E-state index is 12.2. The molecule has 2 aromatic heterocycles. The molecule has 3 heterocycles. The molecule has 1 saturated heterocycles. The second-order valence-corrected chi connectivity index (χ2v) is 8.56. The van der Waals surface area contributed by atoms with E-state index < -0.39 is 6.03 Å². The molecular formula is C23H26N6O3S. The number of amides is 2. The molecule has 0 spiro atoms. The Bertz CT molecular complexity index is 1170. The first-order chi connectivity index (χ1) is 16.0. The molecule has 0 unspecified atom stereocenters. The van der Waals surface area contributed by atoms with Gasteiger partial charge in [0.05, 0.1) is 24.9 Å². The predicted molar refractivity (Wildman–Crippen MR) is 132 cm³/mol. The van der Waals surface area contributed by atoms with Gasteiger partial charge in [0, 0.05) is 47.6 Å². The third-order valence-electron chi connectivity index (χ3n) is 5.15. The Morgan fingerprint density at radius 2 is 1.97 bits per heavy atom. The number of H-pyrrole nitrogens is 1. The van der Waals surface area contributed by atoms with Crippen LogP contribution in [0.1, 0.15) is 12.6 Å². The monoisotopic (exact) mass is 466 g/mol. The van der Waals surface area contributed by atoms with Gasteiger partial charge in [-0.1, -0.05) is 0 Å². The van der Waals surface area contributed by atoms with Crippen LogP contribution < -0.4 is 21.1 Å². The largest absolute Gasteiger partial charge is 0.377 e. The highest BCUT2D eigenvalue weighted by atomic mass is 32.2. The van der Waals surface area contributed by atoms with Crippen molar-refractivity contribution in [3.63, 3.8) is 0 Å². The molecule has 1 atom stereocenters. The van der Waals surface area contributed by atoms with Crippen LogP contribution in [0, 0.1) is 0 Å². The molecule has 0 saturated carbocycles. The Morgan fingerprint density at radius 3 is 2.70 bits per heavy atom. The normalized spacial score (nSPS) is 15.8. The predicted octanol–water partition coefficient (Wildman–Crippen LogP) is 3.56. The molecular weight excluding hydrogens is 440 g/mol. The Kier molecular flexibility index (Phi) is 7.26. The molecule has 0 aliphatic carbocycles. The number of carbonyl (C=O) groups is 1. The number of carbonyl (C=O) groups excluding carboxylic acids is 1. The zero-order valence-electron chi connectivity index (χ0n) is 18.5. The van der Waals surface area contributed by atoms with Crippen LogP contribution in [0.25, 0.3) is 11.4 Å². The van der Waals surface area contributed by atoms with E-state index in [-0.39, 0.29) is 11.6 Å². The number of hydrogen-bond donors (Lipinski definition) is 3. The molecule has 1 aromatic carbocycles. The molecule has 4 rings (SSSR count). The summed E-state index contributed by atoms with van der Waals surface area (Å²) in [5.74, 6) is 2.35. The van der Waals surface area contributed by atoms with Gasteiger partial charge in [0.25, 0.3) is 0 Å². The lowest BCUT2D eigenvalue weighted by molar-refractivity contribution is 0.0985.